The molecule has 0 aliphatic heterocycles. The Balaban J connectivity index is 1.52. The zero-order valence-corrected chi connectivity index (χ0v) is 27.4. The summed E-state index contributed by atoms with van der Waals surface area (Å²) in [6.07, 6.45) is 7.01. The molecule has 1 unspecified atom stereocenters. The molecule has 1 saturated carbocycles. The van der Waals surface area contributed by atoms with Gasteiger partial charge < -0.3 is 19.1 Å². The minimum Gasteiger partial charge on any atom is -0.497 e. The number of esters is 1. The van der Waals surface area contributed by atoms with Gasteiger partial charge in [-0.25, -0.2) is 15.0 Å². The number of nitrogens with one attached hydrogen (secondary N) is 1. The average molecular weight is 643 g/mol. The summed E-state index contributed by atoms with van der Waals surface area (Å²) in [6.45, 7) is 7.83. The van der Waals surface area contributed by atoms with Crippen LogP contribution >= 0.6 is 11.9 Å². The van der Waals surface area contributed by atoms with Crippen LogP contribution in [0.2, 0.25) is 0 Å². The van der Waals surface area contributed by atoms with Gasteiger partial charge in [-0.1, -0.05) is 24.3 Å². The lowest BCUT2D eigenvalue weighted by Gasteiger charge is -2.29. The second-order valence-corrected chi connectivity index (χ2v) is 12.8. The van der Waals surface area contributed by atoms with Crippen molar-refractivity contribution in [2.24, 2.45) is 0 Å². The number of ether oxygens (including phenoxy) is 3. The highest BCUT2D eigenvalue weighted by Gasteiger charge is 2.38. The molecule has 12 heteroatoms. The SMILES string of the molecule is CCOc1cncc(-c2ccc(N(Cc3ccc(OC)cc3)C(=O)C(C(=O)OC(C)(C)C)c3ccnc(NSC4CC4)n3)cc2)n1. The summed E-state index contributed by atoms with van der Waals surface area (Å²) in [6, 6.07) is 16.3. The molecule has 0 radical (unpaired) electrons. The molecule has 0 bridgehead atoms. The van der Waals surface area contributed by atoms with Crippen LogP contribution in [0.25, 0.3) is 11.3 Å². The molecule has 240 valence electrons. The quantitative estimate of drug-likeness (QED) is 0.101. The maximum absolute atomic E-state index is 14.6. The van der Waals surface area contributed by atoms with E-state index in [-0.39, 0.29) is 12.2 Å². The number of methoxy groups -OCH3 is 1. The lowest BCUT2D eigenvalue weighted by molar-refractivity contribution is -0.158. The van der Waals surface area contributed by atoms with Crippen LogP contribution in [0.3, 0.4) is 0 Å². The highest BCUT2D eigenvalue weighted by molar-refractivity contribution is 8.01. The van der Waals surface area contributed by atoms with Gasteiger partial charge in [0.25, 0.3) is 0 Å². The standard InChI is InChI=1S/C34H38N6O5S/c1-6-44-29-20-35-19-28(37-29)23-9-11-24(12-10-23)40(21-22-7-13-25(43-5)14-8-22)31(41)30(32(42)45-34(2,3)4)27-17-18-36-33(38-27)39-46-26-15-16-26/h7-14,17-20,26,30H,6,15-16,21H2,1-5H3,(H,36,38,39). The zero-order chi connectivity index (χ0) is 32.7. The van der Waals surface area contributed by atoms with Gasteiger partial charge in [0, 0.05) is 22.7 Å². The van der Waals surface area contributed by atoms with Crippen molar-refractivity contribution >= 4 is 35.5 Å². The van der Waals surface area contributed by atoms with E-state index in [0.717, 1.165) is 24.0 Å². The van der Waals surface area contributed by atoms with E-state index < -0.39 is 23.4 Å². The fraction of sp³-hybridized carbons (Fsp3) is 0.353. The Morgan fingerprint density at radius 2 is 1.76 bits per heavy atom. The third kappa shape index (κ3) is 8.72. The van der Waals surface area contributed by atoms with Gasteiger partial charge in [0.2, 0.25) is 17.7 Å². The minimum atomic E-state index is -1.35. The molecule has 11 nitrogen and oxygen atoms in total. The van der Waals surface area contributed by atoms with E-state index in [9.17, 15) is 9.59 Å². The molecule has 0 saturated heterocycles. The number of aromatic nitrogens is 4. The van der Waals surface area contributed by atoms with Crippen molar-refractivity contribution in [1.29, 1.82) is 0 Å². The Bertz CT molecular complexity index is 1640. The van der Waals surface area contributed by atoms with Crippen molar-refractivity contribution in [1.82, 2.24) is 19.9 Å². The minimum absolute atomic E-state index is 0.175. The van der Waals surface area contributed by atoms with E-state index in [1.54, 1.807) is 57.4 Å². The first-order chi connectivity index (χ1) is 22.1. The van der Waals surface area contributed by atoms with Crippen LogP contribution < -0.4 is 19.1 Å². The Morgan fingerprint density at radius 3 is 2.41 bits per heavy atom. The molecule has 1 atom stereocenters. The molecule has 2 heterocycles. The summed E-state index contributed by atoms with van der Waals surface area (Å²) in [5.74, 6) is -1.09. The smallest absolute Gasteiger partial charge is 0.325 e. The van der Waals surface area contributed by atoms with Crippen LogP contribution in [0, 0.1) is 0 Å². The molecule has 2 aromatic carbocycles. The monoisotopic (exact) mass is 642 g/mol. The predicted molar refractivity (Wildman–Crippen MR) is 178 cm³/mol. The number of rotatable bonds is 13. The maximum atomic E-state index is 14.6. The normalized spacial score (nSPS) is 13.4. The molecule has 4 aromatic rings. The number of amides is 1. The van der Waals surface area contributed by atoms with Crippen molar-refractivity contribution < 1.29 is 23.8 Å². The highest BCUT2D eigenvalue weighted by atomic mass is 32.2. The summed E-state index contributed by atoms with van der Waals surface area (Å²) in [5.41, 5.74) is 2.24. The summed E-state index contributed by atoms with van der Waals surface area (Å²) in [5, 5.41) is 0.506. The number of benzene rings is 2. The van der Waals surface area contributed by atoms with E-state index in [2.05, 4.69) is 24.7 Å². The summed E-state index contributed by atoms with van der Waals surface area (Å²) >= 11 is 1.54. The number of hydrogen-bond acceptors (Lipinski definition) is 11. The molecule has 1 N–H and O–H groups in total. The topological polar surface area (TPSA) is 129 Å². The van der Waals surface area contributed by atoms with Crippen LogP contribution in [0.5, 0.6) is 11.6 Å². The number of anilines is 2. The average Bonchev–Trinajstić information content (AvgIpc) is 3.88. The molecule has 1 aliphatic rings. The van der Waals surface area contributed by atoms with Gasteiger partial charge in [-0.3, -0.25) is 19.3 Å². The largest absolute Gasteiger partial charge is 0.497 e. The van der Waals surface area contributed by atoms with Gasteiger partial charge in [0.1, 0.15) is 11.4 Å². The van der Waals surface area contributed by atoms with Gasteiger partial charge in [-0.2, -0.15) is 0 Å². The first-order valence-electron chi connectivity index (χ1n) is 15.1. The van der Waals surface area contributed by atoms with Gasteiger partial charge in [0.15, 0.2) is 5.92 Å². The van der Waals surface area contributed by atoms with Crippen molar-refractivity contribution in [3.8, 4) is 22.9 Å². The lowest BCUT2D eigenvalue weighted by atomic mass is 10.0. The van der Waals surface area contributed by atoms with Crippen molar-refractivity contribution in [3.05, 3.63) is 84.4 Å². The molecular formula is C34H38N6O5S. The Morgan fingerprint density at radius 1 is 1.02 bits per heavy atom. The summed E-state index contributed by atoms with van der Waals surface area (Å²) in [7, 11) is 1.60. The maximum Gasteiger partial charge on any atom is 0.325 e. The van der Waals surface area contributed by atoms with Crippen LogP contribution in [0.15, 0.2) is 73.2 Å². The van der Waals surface area contributed by atoms with Crippen LogP contribution in [0.1, 0.15) is 57.7 Å². The van der Waals surface area contributed by atoms with Crippen LogP contribution in [-0.2, 0) is 20.9 Å². The summed E-state index contributed by atoms with van der Waals surface area (Å²) < 4.78 is 19.8. The van der Waals surface area contributed by atoms with Crippen molar-refractivity contribution in [3.63, 3.8) is 0 Å². The Kier molecular flexibility index (Phi) is 10.4. The van der Waals surface area contributed by atoms with E-state index in [0.29, 0.717) is 40.8 Å². The number of nitrogens with zero attached hydrogens (tertiary/aromatic N) is 5. The van der Waals surface area contributed by atoms with Crippen molar-refractivity contribution in [2.45, 2.75) is 63.9 Å². The number of carbonyl (C=O) groups is 2. The molecule has 1 aliphatic carbocycles. The first-order valence-corrected chi connectivity index (χ1v) is 16.0. The van der Waals surface area contributed by atoms with Crippen molar-refractivity contribution in [2.75, 3.05) is 23.3 Å². The van der Waals surface area contributed by atoms with Crippen LogP contribution in [-0.4, -0.2) is 56.4 Å². The number of carbonyl (C=O) groups excluding carboxylic acids is 2. The molecule has 2 aromatic heterocycles. The van der Waals surface area contributed by atoms with E-state index in [4.69, 9.17) is 14.2 Å². The van der Waals surface area contributed by atoms with Crippen LogP contribution in [0.4, 0.5) is 11.6 Å². The molecule has 0 spiro atoms. The van der Waals surface area contributed by atoms with E-state index >= 15 is 0 Å². The number of hydrogen-bond donors (Lipinski definition) is 1. The van der Waals surface area contributed by atoms with E-state index in [1.807, 2.05) is 55.5 Å². The Hall–Kier alpha value is -4.71. The third-order valence-electron chi connectivity index (χ3n) is 6.85. The Labute approximate surface area is 273 Å². The fourth-order valence-corrected chi connectivity index (χ4v) is 5.24. The zero-order valence-electron chi connectivity index (χ0n) is 26.6. The second-order valence-electron chi connectivity index (χ2n) is 11.7. The molecule has 1 amide bonds. The third-order valence-corrected chi connectivity index (χ3v) is 7.95. The van der Waals surface area contributed by atoms with Gasteiger partial charge >= 0.3 is 5.97 Å². The van der Waals surface area contributed by atoms with Gasteiger partial charge in [-0.05, 0) is 88.4 Å². The summed E-state index contributed by atoms with van der Waals surface area (Å²) in [4.78, 5) is 47.7. The predicted octanol–water partition coefficient (Wildman–Crippen LogP) is 6.22. The molecule has 46 heavy (non-hydrogen) atoms. The molecular weight excluding hydrogens is 604 g/mol. The fourth-order valence-electron chi connectivity index (χ4n) is 4.50. The van der Waals surface area contributed by atoms with Gasteiger partial charge in [-0.15, -0.1) is 0 Å². The molecule has 1 fully saturated rings. The van der Waals surface area contributed by atoms with Gasteiger partial charge in [0.05, 0.1) is 44.0 Å². The first kappa shape index (κ1) is 32.7. The highest BCUT2D eigenvalue weighted by Crippen LogP contribution is 2.34. The second kappa shape index (κ2) is 14.6. The molecule has 5 rings (SSSR count). The van der Waals surface area contributed by atoms with E-state index in [1.165, 1.54) is 11.9 Å². The lowest BCUT2D eigenvalue weighted by Crippen LogP contribution is -2.41.